The summed E-state index contributed by atoms with van der Waals surface area (Å²) in [6.07, 6.45) is 1.31. The molecule has 5 nitrogen and oxygen atoms in total. The van der Waals surface area contributed by atoms with Crippen molar-refractivity contribution in [2.45, 2.75) is 39.2 Å². The van der Waals surface area contributed by atoms with E-state index in [1.807, 2.05) is 19.1 Å². The van der Waals surface area contributed by atoms with E-state index in [0.717, 1.165) is 12.0 Å². The number of hydrogen-bond acceptors (Lipinski definition) is 4. The molecule has 0 spiro atoms. The zero-order chi connectivity index (χ0) is 19.2. The van der Waals surface area contributed by atoms with Crippen LogP contribution in [0.1, 0.15) is 54.2 Å². The molecule has 1 unspecified atom stereocenters. The van der Waals surface area contributed by atoms with Crippen LogP contribution in [0.5, 0.6) is 11.5 Å². The normalized spacial score (nSPS) is 13.7. The van der Waals surface area contributed by atoms with Gasteiger partial charge in [-0.2, -0.15) is 0 Å². The molecule has 1 N–H and O–H groups in total. The highest BCUT2D eigenvalue weighted by Crippen LogP contribution is 2.31. The first-order valence-corrected chi connectivity index (χ1v) is 9.38. The van der Waals surface area contributed by atoms with Crippen molar-refractivity contribution in [1.29, 1.82) is 0 Å². The number of ketones is 1. The Morgan fingerprint density at radius 2 is 1.70 bits per heavy atom. The van der Waals surface area contributed by atoms with Gasteiger partial charge in [0.15, 0.2) is 17.3 Å². The second-order valence-corrected chi connectivity index (χ2v) is 6.67. The first-order chi connectivity index (χ1) is 13.1. The Kier molecular flexibility index (Phi) is 6.12. The van der Waals surface area contributed by atoms with Gasteiger partial charge < -0.3 is 14.8 Å². The fourth-order valence-electron chi connectivity index (χ4n) is 3.03. The van der Waals surface area contributed by atoms with E-state index in [0.29, 0.717) is 30.3 Å². The first kappa shape index (κ1) is 19.0. The molecule has 0 aromatic heterocycles. The quantitative estimate of drug-likeness (QED) is 0.755. The van der Waals surface area contributed by atoms with Crippen molar-refractivity contribution in [2.24, 2.45) is 0 Å². The number of ether oxygens (including phenoxy) is 2. The molecule has 0 saturated carbocycles. The van der Waals surface area contributed by atoms with E-state index in [4.69, 9.17) is 9.47 Å². The zero-order valence-corrected chi connectivity index (χ0v) is 15.8. The lowest BCUT2D eigenvalue weighted by atomic mass is 10.0. The molecule has 3 rings (SSSR count). The Bertz CT molecular complexity index is 814. The fraction of sp³-hybridized carbons (Fsp3) is 0.364. The lowest BCUT2D eigenvalue weighted by molar-refractivity contribution is -0.121. The van der Waals surface area contributed by atoms with Crippen LogP contribution < -0.4 is 14.8 Å². The number of benzene rings is 2. The Morgan fingerprint density at radius 3 is 2.41 bits per heavy atom. The predicted molar refractivity (Wildman–Crippen MR) is 103 cm³/mol. The number of carbonyl (C=O) groups is 2. The number of hydrogen-bond donors (Lipinski definition) is 1. The van der Waals surface area contributed by atoms with Crippen molar-refractivity contribution in [3.63, 3.8) is 0 Å². The van der Waals surface area contributed by atoms with Crippen molar-refractivity contribution < 1.29 is 19.1 Å². The SMILES string of the molecule is CCc1ccc(C(C)NC(=O)CCC(=O)c2ccc3c(c2)OCCO3)cc1. The number of carbonyl (C=O) groups excluding carboxylic acids is 2. The van der Waals surface area contributed by atoms with Crippen molar-refractivity contribution in [3.8, 4) is 11.5 Å². The Labute approximate surface area is 159 Å². The van der Waals surface area contributed by atoms with E-state index in [-0.39, 0.29) is 30.6 Å². The molecule has 27 heavy (non-hydrogen) atoms. The van der Waals surface area contributed by atoms with E-state index >= 15 is 0 Å². The molecule has 2 aromatic rings. The average Bonchev–Trinajstić information content (AvgIpc) is 2.71. The van der Waals surface area contributed by atoms with Crippen molar-refractivity contribution in [2.75, 3.05) is 13.2 Å². The van der Waals surface area contributed by atoms with Gasteiger partial charge in [-0.05, 0) is 42.7 Å². The van der Waals surface area contributed by atoms with Crippen LogP contribution in [0.3, 0.4) is 0 Å². The molecular formula is C22H25NO4. The van der Waals surface area contributed by atoms with Gasteiger partial charge in [-0.15, -0.1) is 0 Å². The number of amides is 1. The Hall–Kier alpha value is -2.82. The second kappa shape index (κ2) is 8.71. The molecule has 5 heteroatoms. The number of aryl methyl sites for hydroxylation is 1. The maximum absolute atomic E-state index is 12.4. The lowest BCUT2D eigenvalue weighted by Crippen LogP contribution is -2.27. The maximum atomic E-state index is 12.4. The third-order valence-electron chi connectivity index (χ3n) is 4.71. The highest BCUT2D eigenvalue weighted by molar-refractivity contribution is 5.98. The van der Waals surface area contributed by atoms with Crippen LogP contribution in [0, 0.1) is 0 Å². The fourth-order valence-corrected chi connectivity index (χ4v) is 3.03. The molecule has 0 bridgehead atoms. The van der Waals surface area contributed by atoms with Crippen LogP contribution in [-0.2, 0) is 11.2 Å². The number of Topliss-reactive ketones (excluding diaryl/α,β-unsaturated/α-hetero) is 1. The van der Waals surface area contributed by atoms with Crippen molar-refractivity contribution >= 4 is 11.7 Å². The molecule has 0 fully saturated rings. The van der Waals surface area contributed by atoms with Gasteiger partial charge >= 0.3 is 0 Å². The Morgan fingerprint density at radius 1 is 1.00 bits per heavy atom. The summed E-state index contributed by atoms with van der Waals surface area (Å²) < 4.78 is 11.0. The summed E-state index contributed by atoms with van der Waals surface area (Å²) in [4.78, 5) is 24.6. The maximum Gasteiger partial charge on any atom is 0.220 e. The van der Waals surface area contributed by atoms with E-state index in [1.54, 1.807) is 18.2 Å². The smallest absolute Gasteiger partial charge is 0.220 e. The van der Waals surface area contributed by atoms with Gasteiger partial charge in [0.2, 0.25) is 5.91 Å². The summed E-state index contributed by atoms with van der Waals surface area (Å²) >= 11 is 0. The van der Waals surface area contributed by atoms with Crippen molar-refractivity contribution in [3.05, 3.63) is 59.2 Å². The third kappa shape index (κ3) is 4.88. The van der Waals surface area contributed by atoms with Crippen LogP contribution in [0.25, 0.3) is 0 Å². The number of fused-ring (bicyclic) bond motifs is 1. The molecule has 1 atom stereocenters. The first-order valence-electron chi connectivity index (χ1n) is 9.38. The molecule has 1 heterocycles. The summed E-state index contributed by atoms with van der Waals surface area (Å²) in [5.41, 5.74) is 2.86. The summed E-state index contributed by atoms with van der Waals surface area (Å²) in [6, 6.07) is 13.3. The van der Waals surface area contributed by atoms with Gasteiger partial charge in [-0.1, -0.05) is 31.2 Å². The Balaban J connectivity index is 1.51. The molecule has 1 aliphatic heterocycles. The van der Waals surface area contributed by atoms with Crippen LogP contribution in [-0.4, -0.2) is 24.9 Å². The van der Waals surface area contributed by atoms with Crippen LogP contribution in [0.2, 0.25) is 0 Å². The standard InChI is InChI=1S/C22H25NO4/c1-3-16-4-6-17(7-5-16)15(2)23-22(25)11-9-19(24)18-8-10-20-21(14-18)27-13-12-26-20/h4-8,10,14-15H,3,9,11-13H2,1-2H3,(H,23,25). The number of rotatable bonds is 7. The highest BCUT2D eigenvalue weighted by atomic mass is 16.6. The van der Waals surface area contributed by atoms with E-state index in [2.05, 4.69) is 24.4 Å². The summed E-state index contributed by atoms with van der Waals surface area (Å²) in [6.45, 7) is 5.05. The minimum Gasteiger partial charge on any atom is -0.486 e. The van der Waals surface area contributed by atoms with Gasteiger partial charge in [0.05, 0.1) is 6.04 Å². The summed E-state index contributed by atoms with van der Waals surface area (Å²) in [5.74, 6) is 1.02. The molecule has 0 saturated heterocycles. The largest absolute Gasteiger partial charge is 0.486 e. The monoisotopic (exact) mass is 367 g/mol. The predicted octanol–water partition coefficient (Wildman–Crippen LogP) is 3.86. The lowest BCUT2D eigenvalue weighted by Gasteiger charge is -2.18. The topological polar surface area (TPSA) is 64.6 Å². The van der Waals surface area contributed by atoms with E-state index in [1.165, 1.54) is 5.56 Å². The summed E-state index contributed by atoms with van der Waals surface area (Å²) in [7, 11) is 0. The molecule has 2 aromatic carbocycles. The minimum atomic E-state index is -0.132. The molecule has 142 valence electrons. The zero-order valence-electron chi connectivity index (χ0n) is 15.8. The van der Waals surface area contributed by atoms with Gasteiger partial charge in [-0.25, -0.2) is 0 Å². The third-order valence-corrected chi connectivity index (χ3v) is 4.71. The highest BCUT2D eigenvalue weighted by Gasteiger charge is 2.16. The molecule has 0 aliphatic carbocycles. The van der Waals surface area contributed by atoms with Gasteiger partial charge in [0.25, 0.3) is 0 Å². The molecular weight excluding hydrogens is 342 g/mol. The average molecular weight is 367 g/mol. The van der Waals surface area contributed by atoms with Crippen LogP contribution in [0.4, 0.5) is 0 Å². The van der Waals surface area contributed by atoms with Gasteiger partial charge in [0.1, 0.15) is 13.2 Å². The van der Waals surface area contributed by atoms with Gasteiger partial charge in [-0.3, -0.25) is 9.59 Å². The van der Waals surface area contributed by atoms with Crippen LogP contribution >= 0.6 is 0 Å². The van der Waals surface area contributed by atoms with E-state index in [9.17, 15) is 9.59 Å². The number of nitrogens with one attached hydrogen (secondary N) is 1. The second-order valence-electron chi connectivity index (χ2n) is 6.67. The van der Waals surface area contributed by atoms with Crippen LogP contribution in [0.15, 0.2) is 42.5 Å². The molecule has 1 aliphatic rings. The minimum absolute atomic E-state index is 0.0814. The molecule has 1 amide bonds. The van der Waals surface area contributed by atoms with Crippen molar-refractivity contribution in [1.82, 2.24) is 5.32 Å². The van der Waals surface area contributed by atoms with E-state index < -0.39 is 0 Å². The summed E-state index contributed by atoms with van der Waals surface area (Å²) in [5, 5.41) is 2.95. The molecule has 0 radical (unpaired) electrons. The van der Waals surface area contributed by atoms with Gasteiger partial charge in [0, 0.05) is 18.4 Å².